The van der Waals surface area contributed by atoms with Gasteiger partial charge in [0.05, 0.1) is 5.97 Å². The maximum Gasteiger partial charge on any atom is 1.00 e. The number of hydrogen-bond donors (Lipinski definition) is 0. The topological polar surface area (TPSA) is 124 Å². The van der Waals surface area contributed by atoms with Crippen molar-refractivity contribution in [3.05, 3.63) is 41.5 Å². The molecule has 0 N–H and O–H groups in total. The zero-order valence-electron chi connectivity index (χ0n) is 15.7. The SMILES string of the molecule is CC(C)[C-]=C(Cc1ccc(OCC(=O)[O-])cc1)C(=O)[O-].O=C=O.[Na+].[Na+].[Na+]. The van der Waals surface area contributed by atoms with Crippen LogP contribution in [0, 0.1) is 12.0 Å². The Kier molecular flexibility index (Phi) is 25.7. The van der Waals surface area contributed by atoms with E-state index in [1.165, 1.54) is 0 Å². The van der Waals surface area contributed by atoms with Gasteiger partial charge in [0, 0.05) is 0 Å². The van der Waals surface area contributed by atoms with E-state index in [0.29, 0.717) is 5.75 Å². The van der Waals surface area contributed by atoms with Crippen LogP contribution in [0.1, 0.15) is 19.4 Å². The summed E-state index contributed by atoms with van der Waals surface area (Å²) in [5.41, 5.74) is 0.849. The van der Waals surface area contributed by atoms with Gasteiger partial charge >= 0.3 is 94.8 Å². The Bertz CT molecular complexity index is 592. The average molecular weight is 388 g/mol. The fourth-order valence-electron chi connectivity index (χ4n) is 1.58. The van der Waals surface area contributed by atoms with Gasteiger partial charge in [-0.1, -0.05) is 26.0 Å². The Morgan fingerprint density at radius 3 is 1.88 bits per heavy atom. The molecule has 0 heterocycles. The van der Waals surface area contributed by atoms with Crippen LogP contribution < -0.4 is 104 Å². The third kappa shape index (κ3) is 17.5. The van der Waals surface area contributed by atoms with Crippen LogP contribution in [0.15, 0.2) is 29.8 Å². The fraction of sp³-hybridized carbons (Fsp3) is 0.312. The molecule has 0 amide bonds. The van der Waals surface area contributed by atoms with Gasteiger partial charge in [-0.05, 0) is 24.1 Å². The van der Waals surface area contributed by atoms with Crippen LogP contribution in [-0.4, -0.2) is 24.7 Å². The van der Waals surface area contributed by atoms with Crippen LogP contribution in [0.3, 0.4) is 0 Å². The van der Waals surface area contributed by atoms with Crippen molar-refractivity contribution in [3.63, 3.8) is 0 Å². The van der Waals surface area contributed by atoms with Gasteiger partial charge < -0.3 is 24.5 Å². The van der Waals surface area contributed by atoms with Crippen LogP contribution in [0.25, 0.3) is 0 Å². The van der Waals surface area contributed by atoms with E-state index in [9.17, 15) is 19.8 Å². The standard InChI is InChI=1S/C15H17O5.CO2.3Na/c1-10(2)7-12(15(18)19)8-11-3-5-13(6-4-11)20-9-14(16)17;2-1-3;;;/h3-6,10H,8-9H2,1-2H3,(H,16,17)(H,18,19);;;;/q-1;;3*+1/p-2. The monoisotopic (exact) mass is 388 g/mol. The molecule has 0 bridgehead atoms. The van der Waals surface area contributed by atoms with E-state index in [1.807, 2.05) is 13.8 Å². The summed E-state index contributed by atoms with van der Waals surface area (Å²) in [6.07, 6.45) is 3.27. The molecule has 26 heavy (non-hydrogen) atoms. The number of hydrogen-bond acceptors (Lipinski definition) is 7. The second-order valence-corrected chi connectivity index (χ2v) is 4.63. The van der Waals surface area contributed by atoms with E-state index in [2.05, 4.69) is 6.08 Å². The third-order valence-electron chi connectivity index (χ3n) is 2.37. The molecule has 0 atom stereocenters. The van der Waals surface area contributed by atoms with E-state index < -0.39 is 18.5 Å². The first-order chi connectivity index (χ1) is 10.8. The molecular weight excluding hydrogens is 373 g/mol. The first kappa shape index (κ1) is 33.6. The summed E-state index contributed by atoms with van der Waals surface area (Å²) in [5.74, 6) is -2.17. The smallest absolute Gasteiger partial charge is 0.658 e. The normalized spacial score (nSPS) is 9.12. The Morgan fingerprint density at radius 2 is 1.54 bits per heavy atom. The summed E-state index contributed by atoms with van der Waals surface area (Å²) >= 11 is 0. The number of ether oxygens (including phenoxy) is 1. The minimum absolute atomic E-state index is 0. The van der Waals surface area contributed by atoms with Crippen LogP contribution >= 0.6 is 0 Å². The molecule has 10 heteroatoms. The van der Waals surface area contributed by atoms with Crippen molar-refractivity contribution in [3.8, 4) is 5.75 Å². The molecule has 0 saturated carbocycles. The van der Waals surface area contributed by atoms with E-state index in [-0.39, 0.29) is 113 Å². The number of rotatable bonds is 7. The average Bonchev–Trinajstić information content (AvgIpc) is 2.46. The number of carbonyl (C=O) groups is 2. The van der Waals surface area contributed by atoms with Crippen LogP contribution in [-0.2, 0) is 25.6 Å². The van der Waals surface area contributed by atoms with Crippen molar-refractivity contribution < 1.29 is 123 Å². The van der Waals surface area contributed by atoms with Gasteiger partial charge in [0.15, 0.2) is 0 Å². The van der Waals surface area contributed by atoms with E-state index in [1.54, 1.807) is 24.3 Å². The molecule has 0 saturated heterocycles. The van der Waals surface area contributed by atoms with Crippen LogP contribution in [0.2, 0.25) is 0 Å². The van der Waals surface area contributed by atoms with Gasteiger partial charge in [0.2, 0.25) is 0 Å². The molecule has 0 aromatic heterocycles. The summed E-state index contributed by atoms with van der Waals surface area (Å²) in [6, 6.07) is 6.46. The Labute approximate surface area is 218 Å². The summed E-state index contributed by atoms with van der Waals surface area (Å²) in [6.45, 7) is 3.14. The van der Waals surface area contributed by atoms with Gasteiger partial charge in [-0.3, -0.25) is 6.08 Å². The molecule has 0 unspecified atom stereocenters. The number of benzene rings is 1. The predicted octanol–water partition coefficient (Wildman–Crippen LogP) is -10.1. The summed E-state index contributed by atoms with van der Waals surface area (Å²) < 4.78 is 4.93. The summed E-state index contributed by atoms with van der Waals surface area (Å²) in [7, 11) is 0. The first-order valence-electron chi connectivity index (χ1n) is 6.54. The fourth-order valence-corrected chi connectivity index (χ4v) is 1.58. The number of carboxylic acids is 2. The number of allylic oxidation sites excluding steroid dienone is 1. The molecule has 0 spiro atoms. The maximum atomic E-state index is 11.0. The molecule has 124 valence electrons. The molecule has 1 rings (SSSR count). The first-order valence-corrected chi connectivity index (χ1v) is 6.54. The second kappa shape index (κ2) is 19.8. The Balaban J connectivity index is -0.000000376. The van der Waals surface area contributed by atoms with E-state index >= 15 is 0 Å². The van der Waals surface area contributed by atoms with Crippen molar-refractivity contribution in [1.29, 1.82) is 0 Å². The quantitative estimate of drug-likeness (QED) is 0.258. The minimum atomic E-state index is -1.30. The molecule has 0 radical (unpaired) electrons. The largest absolute Gasteiger partial charge is 1.00 e. The molecular formula is C16H15Na3O7. The van der Waals surface area contributed by atoms with Crippen LogP contribution in [0.4, 0.5) is 0 Å². The van der Waals surface area contributed by atoms with E-state index in [0.717, 1.165) is 5.56 Å². The van der Waals surface area contributed by atoms with Gasteiger partial charge in [0.1, 0.15) is 12.4 Å². The second-order valence-electron chi connectivity index (χ2n) is 4.63. The molecule has 1 aromatic rings. The molecule has 0 aliphatic rings. The third-order valence-corrected chi connectivity index (χ3v) is 2.37. The predicted molar refractivity (Wildman–Crippen MR) is 72.3 cm³/mol. The van der Waals surface area contributed by atoms with Gasteiger partial charge in [0.25, 0.3) is 0 Å². The van der Waals surface area contributed by atoms with Crippen molar-refractivity contribution in [2.24, 2.45) is 5.92 Å². The maximum absolute atomic E-state index is 11.0. The van der Waals surface area contributed by atoms with Gasteiger partial charge in [-0.15, -0.1) is 11.9 Å². The Hall–Kier alpha value is 0.0800. The Morgan fingerprint density at radius 1 is 1.08 bits per heavy atom. The molecule has 1 aromatic carbocycles. The summed E-state index contributed by atoms with van der Waals surface area (Å²) in [4.78, 5) is 37.5. The van der Waals surface area contributed by atoms with Crippen molar-refractivity contribution in [2.45, 2.75) is 20.3 Å². The van der Waals surface area contributed by atoms with Crippen molar-refractivity contribution >= 4 is 18.1 Å². The zero-order chi connectivity index (χ0) is 17.8. The molecule has 7 nitrogen and oxygen atoms in total. The number of carboxylic acid groups (broad SMARTS) is 2. The molecule has 0 aliphatic heterocycles. The summed E-state index contributed by atoms with van der Waals surface area (Å²) in [5, 5.41) is 21.2. The zero-order valence-corrected chi connectivity index (χ0v) is 21.7. The van der Waals surface area contributed by atoms with E-state index in [4.69, 9.17) is 14.3 Å². The van der Waals surface area contributed by atoms with Crippen molar-refractivity contribution in [2.75, 3.05) is 6.61 Å². The van der Waals surface area contributed by atoms with Crippen LogP contribution in [0.5, 0.6) is 5.75 Å². The number of carbonyl (C=O) groups excluding carboxylic acids is 4. The molecule has 0 fully saturated rings. The van der Waals surface area contributed by atoms with Gasteiger partial charge in [-0.25, -0.2) is 0 Å². The molecule has 0 aliphatic carbocycles. The van der Waals surface area contributed by atoms with Gasteiger partial charge in [-0.2, -0.15) is 15.2 Å². The van der Waals surface area contributed by atoms with Crippen molar-refractivity contribution in [1.82, 2.24) is 0 Å². The minimum Gasteiger partial charge on any atom is -0.658 e. The number of aliphatic carboxylic acids is 2.